The molecule has 0 fully saturated rings. The maximum absolute atomic E-state index is 13.2. The molecule has 9 heteroatoms. The normalized spacial score (nSPS) is 14.4. The van der Waals surface area contributed by atoms with Crippen LogP contribution in [0, 0.1) is 0 Å². The van der Waals surface area contributed by atoms with Crippen molar-refractivity contribution in [1.29, 1.82) is 0 Å². The van der Waals surface area contributed by atoms with Gasteiger partial charge in [0.1, 0.15) is 40.6 Å². The number of ether oxygens (including phenoxy) is 3. The summed E-state index contributed by atoms with van der Waals surface area (Å²) in [6, 6.07) is 18.2. The minimum atomic E-state index is -0.552. The first-order valence-corrected chi connectivity index (χ1v) is 12.4. The summed E-state index contributed by atoms with van der Waals surface area (Å²) >= 11 is 0. The molecule has 0 radical (unpaired) electrons. The Bertz CT molecular complexity index is 1810. The van der Waals surface area contributed by atoms with Gasteiger partial charge in [0.15, 0.2) is 16.9 Å². The highest BCUT2D eigenvalue weighted by molar-refractivity contribution is 5.93. The first-order chi connectivity index (χ1) is 19.4. The minimum absolute atomic E-state index is 0.0177. The van der Waals surface area contributed by atoms with E-state index >= 15 is 0 Å². The molecule has 0 bridgehead atoms. The van der Waals surface area contributed by atoms with Crippen LogP contribution in [0.4, 0.5) is 0 Å². The molecule has 0 saturated heterocycles. The quantitative estimate of drug-likeness (QED) is 0.219. The third kappa shape index (κ3) is 4.58. The Labute approximate surface area is 227 Å². The second kappa shape index (κ2) is 10.1. The number of nitrogens with zero attached hydrogens (tertiary/aromatic N) is 1. The topological polar surface area (TPSA) is 128 Å². The van der Waals surface area contributed by atoms with Crippen molar-refractivity contribution >= 4 is 16.9 Å². The first-order valence-electron chi connectivity index (χ1n) is 12.4. The number of aromatic hydroxyl groups is 2. The Morgan fingerprint density at radius 2 is 1.88 bits per heavy atom. The molecule has 2 N–H and O–H groups in total. The summed E-state index contributed by atoms with van der Waals surface area (Å²) in [5.41, 5.74) is 2.12. The zero-order valence-corrected chi connectivity index (χ0v) is 21.3. The van der Waals surface area contributed by atoms with Crippen LogP contribution in [0.3, 0.4) is 0 Å². The summed E-state index contributed by atoms with van der Waals surface area (Å²) in [6.07, 6.45) is 3.39. The molecule has 3 heterocycles. The fourth-order valence-electron chi connectivity index (χ4n) is 4.90. The molecule has 9 nitrogen and oxygen atoms in total. The van der Waals surface area contributed by atoms with Gasteiger partial charge in [-0.3, -0.25) is 14.6 Å². The predicted molar refractivity (Wildman–Crippen MR) is 145 cm³/mol. The Morgan fingerprint density at radius 3 is 2.65 bits per heavy atom. The van der Waals surface area contributed by atoms with Crippen LogP contribution in [0.1, 0.15) is 29.0 Å². The van der Waals surface area contributed by atoms with Crippen molar-refractivity contribution < 1.29 is 33.6 Å². The lowest BCUT2D eigenvalue weighted by atomic mass is 9.85. The Balaban J connectivity index is 1.47. The highest BCUT2D eigenvalue weighted by atomic mass is 16.5. The average molecular weight is 538 g/mol. The van der Waals surface area contributed by atoms with Gasteiger partial charge in [-0.1, -0.05) is 18.2 Å². The number of phenols is 2. The number of fused-ring (bicyclic) bond motifs is 3. The van der Waals surface area contributed by atoms with Crippen LogP contribution in [0.15, 0.2) is 88.3 Å². The highest BCUT2D eigenvalue weighted by Gasteiger charge is 2.34. The molecule has 1 atom stereocenters. The molecule has 2 aromatic heterocycles. The van der Waals surface area contributed by atoms with Crippen molar-refractivity contribution in [2.24, 2.45) is 0 Å². The molecule has 6 rings (SSSR count). The number of methoxy groups -OCH3 is 1. The third-order valence-electron chi connectivity index (χ3n) is 6.78. The highest BCUT2D eigenvalue weighted by Crippen LogP contribution is 2.46. The van der Waals surface area contributed by atoms with E-state index in [-0.39, 0.29) is 46.1 Å². The van der Waals surface area contributed by atoms with Crippen molar-refractivity contribution in [3.8, 4) is 40.1 Å². The van der Waals surface area contributed by atoms with Gasteiger partial charge in [-0.2, -0.15) is 0 Å². The Kier molecular flexibility index (Phi) is 6.31. The fraction of sp³-hybridized carbons (Fsp3) is 0.129. The van der Waals surface area contributed by atoms with Crippen LogP contribution >= 0.6 is 0 Å². The molecular formula is C31H23NO8. The molecule has 0 amide bonds. The zero-order chi connectivity index (χ0) is 27.8. The lowest BCUT2D eigenvalue weighted by Crippen LogP contribution is -2.22. The molecule has 0 aliphatic carbocycles. The van der Waals surface area contributed by atoms with Crippen molar-refractivity contribution in [2.75, 3.05) is 7.11 Å². The maximum atomic E-state index is 13.2. The first kappa shape index (κ1) is 25.0. The third-order valence-corrected chi connectivity index (χ3v) is 6.78. The molecule has 3 aromatic carbocycles. The molecule has 5 aromatic rings. The van der Waals surface area contributed by atoms with Crippen LogP contribution in [-0.4, -0.2) is 28.3 Å². The van der Waals surface area contributed by atoms with Gasteiger partial charge in [-0.15, -0.1) is 0 Å². The van der Waals surface area contributed by atoms with E-state index in [1.54, 1.807) is 24.5 Å². The van der Waals surface area contributed by atoms with Crippen molar-refractivity contribution in [3.05, 3.63) is 106 Å². The zero-order valence-electron chi connectivity index (χ0n) is 21.3. The minimum Gasteiger partial charge on any atom is -0.507 e. The van der Waals surface area contributed by atoms with Crippen LogP contribution in [0.5, 0.6) is 28.7 Å². The molecule has 0 saturated carbocycles. The van der Waals surface area contributed by atoms with E-state index < -0.39 is 17.3 Å². The molecule has 1 aliphatic rings. The molecule has 40 heavy (non-hydrogen) atoms. The van der Waals surface area contributed by atoms with E-state index in [1.165, 1.54) is 25.3 Å². The SMILES string of the molecule is COc1ccc(-c2cc(=O)c3c(O)cc4c(c3o2)C(c2cccc(OCc3cccnc3)c2)CC(=O)O4)cc1O. The lowest BCUT2D eigenvalue weighted by Gasteiger charge is -2.26. The molecule has 1 aliphatic heterocycles. The number of hydrogen-bond acceptors (Lipinski definition) is 9. The van der Waals surface area contributed by atoms with Crippen molar-refractivity contribution in [3.63, 3.8) is 0 Å². The average Bonchev–Trinajstić information content (AvgIpc) is 2.96. The summed E-state index contributed by atoms with van der Waals surface area (Å²) in [7, 11) is 1.43. The van der Waals surface area contributed by atoms with E-state index in [1.807, 2.05) is 36.4 Å². The monoisotopic (exact) mass is 537 g/mol. The molecule has 200 valence electrons. The number of benzene rings is 3. The maximum Gasteiger partial charge on any atom is 0.312 e. The van der Waals surface area contributed by atoms with Crippen molar-refractivity contribution in [1.82, 2.24) is 4.98 Å². The van der Waals surface area contributed by atoms with Gasteiger partial charge in [0.05, 0.1) is 13.5 Å². The van der Waals surface area contributed by atoms with Crippen molar-refractivity contribution in [2.45, 2.75) is 18.9 Å². The Hall–Kier alpha value is -5.31. The number of rotatable bonds is 6. The second-order valence-corrected chi connectivity index (χ2v) is 9.33. The summed E-state index contributed by atoms with van der Waals surface area (Å²) in [4.78, 5) is 30.0. The number of aromatic nitrogens is 1. The summed E-state index contributed by atoms with van der Waals surface area (Å²) in [5.74, 6) is -0.428. The second-order valence-electron chi connectivity index (χ2n) is 9.33. The summed E-state index contributed by atoms with van der Waals surface area (Å²) < 4.78 is 22.8. The molecule has 1 unspecified atom stereocenters. The number of phenolic OH excluding ortho intramolecular Hbond substituents is 2. The van der Waals surface area contributed by atoms with Crippen LogP contribution in [0.2, 0.25) is 0 Å². The summed E-state index contributed by atoms with van der Waals surface area (Å²) in [6.45, 7) is 0.310. The van der Waals surface area contributed by atoms with E-state index in [2.05, 4.69) is 4.98 Å². The molecule has 0 spiro atoms. The van der Waals surface area contributed by atoms with Gasteiger partial charge in [0.25, 0.3) is 0 Å². The van der Waals surface area contributed by atoms with Gasteiger partial charge in [0, 0.05) is 47.1 Å². The number of pyridine rings is 1. The van der Waals surface area contributed by atoms with E-state index in [0.29, 0.717) is 23.5 Å². The van der Waals surface area contributed by atoms with Crippen LogP contribution in [-0.2, 0) is 11.4 Å². The van der Waals surface area contributed by atoms with Gasteiger partial charge in [-0.25, -0.2) is 0 Å². The lowest BCUT2D eigenvalue weighted by molar-refractivity contribution is -0.135. The van der Waals surface area contributed by atoms with E-state index in [4.69, 9.17) is 18.6 Å². The Morgan fingerprint density at radius 1 is 1.00 bits per heavy atom. The number of esters is 1. The summed E-state index contributed by atoms with van der Waals surface area (Å²) in [5, 5.41) is 21.0. The largest absolute Gasteiger partial charge is 0.507 e. The fourth-order valence-corrected chi connectivity index (χ4v) is 4.90. The van der Waals surface area contributed by atoms with E-state index in [9.17, 15) is 19.8 Å². The van der Waals surface area contributed by atoms with E-state index in [0.717, 1.165) is 11.1 Å². The van der Waals surface area contributed by atoms with Gasteiger partial charge < -0.3 is 28.8 Å². The van der Waals surface area contributed by atoms with Crippen LogP contribution in [0.25, 0.3) is 22.3 Å². The molecular weight excluding hydrogens is 514 g/mol. The number of carbonyl (C=O) groups excluding carboxylic acids is 1. The van der Waals surface area contributed by atoms with Gasteiger partial charge >= 0.3 is 5.97 Å². The smallest absolute Gasteiger partial charge is 0.312 e. The number of hydrogen-bond donors (Lipinski definition) is 2. The number of carbonyl (C=O) groups is 1. The van der Waals surface area contributed by atoms with Gasteiger partial charge in [0.2, 0.25) is 0 Å². The standard InChI is InChI=1S/C31H23NO8/c1-37-25-8-7-19(11-22(25)33)26-13-23(34)30-24(35)14-27-29(31(30)40-26)21(12-28(36)39-27)18-5-2-6-20(10-18)38-16-17-4-3-9-32-15-17/h2-11,13-15,21,33,35H,12,16H2,1H3. The van der Waals surface area contributed by atoms with Gasteiger partial charge in [-0.05, 0) is 42.0 Å². The predicted octanol–water partition coefficient (Wildman–Crippen LogP) is 5.29. The van der Waals surface area contributed by atoms with Crippen LogP contribution < -0.4 is 19.6 Å².